The average Bonchev–Trinajstić information content (AvgIpc) is 2.67. The molecule has 1 N–H and O–H groups in total. The Balaban J connectivity index is 1.57. The van der Waals surface area contributed by atoms with Crippen LogP contribution in [0.25, 0.3) is 6.08 Å². The van der Waals surface area contributed by atoms with Crippen LogP contribution in [0.2, 0.25) is 0 Å². The summed E-state index contributed by atoms with van der Waals surface area (Å²) in [5.74, 6) is -1.11. The van der Waals surface area contributed by atoms with Crippen LogP contribution in [0, 0.1) is 0 Å². The zero-order chi connectivity index (χ0) is 21.0. The number of esters is 1. The van der Waals surface area contributed by atoms with E-state index in [0.29, 0.717) is 5.75 Å². The van der Waals surface area contributed by atoms with E-state index in [0.717, 1.165) is 17.7 Å². The number of rotatable bonds is 5. The van der Waals surface area contributed by atoms with E-state index in [1.54, 1.807) is 24.3 Å². The quantitative estimate of drug-likeness (QED) is 0.761. The smallest absolute Gasteiger partial charge is 0.488 e. The van der Waals surface area contributed by atoms with E-state index in [9.17, 15) is 22.8 Å². The Hall–Kier alpha value is -3.49. The molecule has 2 aromatic rings. The van der Waals surface area contributed by atoms with Crippen LogP contribution in [-0.4, -0.2) is 30.9 Å². The van der Waals surface area contributed by atoms with Crippen LogP contribution in [0.4, 0.5) is 18.9 Å². The highest BCUT2D eigenvalue weighted by atomic mass is 19.4. The highest BCUT2D eigenvalue weighted by Gasteiger charge is 2.31. The van der Waals surface area contributed by atoms with Crippen LogP contribution < -0.4 is 14.8 Å². The fourth-order valence-corrected chi connectivity index (χ4v) is 2.51. The molecule has 0 saturated carbocycles. The molecule has 1 heterocycles. The lowest BCUT2D eigenvalue weighted by molar-refractivity contribution is -0.274. The predicted octanol–water partition coefficient (Wildman–Crippen LogP) is 3.93. The van der Waals surface area contributed by atoms with Crippen molar-refractivity contribution in [2.45, 2.75) is 19.4 Å². The number of para-hydroxylation sites is 1. The fraction of sp³-hybridized carbons (Fsp3) is 0.200. The minimum absolute atomic E-state index is 0.0187. The number of hydrogen-bond donors (Lipinski definition) is 1. The lowest BCUT2D eigenvalue weighted by Gasteiger charge is -2.19. The van der Waals surface area contributed by atoms with Gasteiger partial charge in [-0.3, -0.25) is 4.79 Å². The zero-order valence-electron chi connectivity index (χ0n) is 15.2. The number of halogens is 3. The molecule has 0 fully saturated rings. The lowest BCUT2D eigenvalue weighted by atomic mass is 10.1. The molecule has 0 spiro atoms. The first-order valence-electron chi connectivity index (χ1n) is 8.51. The van der Waals surface area contributed by atoms with E-state index in [1.165, 1.54) is 19.1 Å². The number of amides is 1. The van der Waals surface area contributed by atoms with Crippen LogP contribution >= 0.6 is 0 Å². The maximum absolute atomic E-state index is 12.3. The first kappa shape index (κ1) is 20.2. The second-order valence-corrected chi connectivity index (χ2v) is 6.11. The third-order valence-electron chi connectivity index (χ3n) is 3.90. The van der Waals surface area contributed by atoms with E-state index in [-0.39, 0.29) is 17.9 Å². The van der Waals surface area contributed by atoms with E-state index in [1.807, 2.05) is 6.07 Å². The zero-order valence-corrected chi connectivity index (χ0v) is 15.2. The third-order valence-corrected chi connectivity index (χ3v) is 3.90. The van der Waals surface area contributed by atoms with Crippen molar-refractivity contribution in [3.05, 3.63) is 59.7 Å². The Bertz CT molecular complexity index is 938. The predicted molar refractivity (Wildman–Crippen MR) is 97.2 cm³/mol. The SMILES string of the molecule is C[C@@H](OC(=O)C1=Cc2ccccc2OC1)C(=O)Nc1ccc(OC(F)(F)F)cc1. The van der Waals surface area contributed by atoms with Crippen LogP contribution in [0.1, 0.15) is 12.5 Å². The van der Waals surface area contributed by atoms with Gasteiger partial charge in [-0.15, -0.1) is 13.2 Å². The van der Waals surface area contributed by atoms with Crippen LogP contribution in [0.15, 0.2) is 54.1 Å². The average molecular weight is 407 g/mol. The van der Waals surface area contributed by atoms with E-state index >= 15 is 0 Å². The number of benzene rings is 2. The van der Waals surface area contributed by atoms with Crippen LogP contribution in [-0.2, 0) is 14.3 Å². The summed E-state index contributed by atoms with van der Waals surface area (Å²) in [5.41, 5.74) is 1.21. The molecule has 1 amide bonds. The molecule has 1 aliphatic rings. The number of alkyl halides is 3. The molecule has 6 nitrogen and oxygen atoms in total. The van der Waals surface area contributed by atoms with Crippen molar-refractivity contribution in [1.82, 2.24) is 0 Å². The van der Waals surface area contributed by atoms with Gasteiger partial charge < -0.3 is 19.5 Å². The van der Waals surface area contributed by atoms with E-state index < -0.39 is 30.1 Å². The van der Waals surface area contributed by atoms with E-state index in [4.69, 9.17) is 9.47 Å². The number of carbonyl (C=O) groups is 2. The van der Waals surface area contributed by atoms with E-state index in [2.05, 4.69) is 10.1 Å². The summed E-state index contributed by atoms with van der Waals surface area (Å²) in [5, 5.41) is 2.45. The van der Waals surface area contributed by atoms with Crippen LogP contribution in [0.5, 0.6) is 11.5 Å². The molecule has 2 aromatic carbocycles. The summed E-state index contributed by atoms with van der Waals surface area (Å²) in [4.78, 5) is 24.5. The van der Waals surface area contributed by atoms with Gasteiger partial charge in [0.05, 0.1) is 5.57 Å². The monoisotopic (exact) mass is 407 g/mol. The van der Waals surface area contributed by atoms with Gasteiger partial charge in [0.1, 0.15) is 18.1 Å². The van der Waals surface area contributed by atoms with Crippen molar-refractivity contribution in [2.75, 3.05) is 11.9 Å². The lowest BCUT2D eigenvalue weighted by Crippen LogP contribution is -2.31. The number of ether oxygens (including phenoxy) is 3. The van der Waals surface area contributed by atoms with Gasteiger partial charge in [-0.05, 0) is 43.3 Å². The number of nitrogens with one attached hydrogen (secondary N) is 1. The maximum Gasteiger partial charge on any atom is 0.573 e. The van der Waals surface area contributed by atoms with Gasteiger partial charge in [-0.2, -0.15) is 0 Å². The molecule has 0 unspecified atom stereocenters. The molecule has 0 saturated heterocycles. The van der Waals surface area contributed by atoms with Gasteiger partial charge in [-0.25, -0.2) is 4.79 Å². The molecule has 152 valence electrons. The van der Waals surface area contributed by atoms with Gasteiger partial charge in [0, 0.05) is 11.3 Å². The summed E-state index contributed by atoms with van der Waals surface area (Å²) in [7, 11) is 0. The second kappa shape index (κ2) is 8.26. The molecule has 29 heavy (non-hydrogen) atoms. The summed E-state index contributed by atoms with van der Waals surface area (Å²) in [6.07, 6.45) is -4.30. The van der Waals surface area contributed by atoms with Crippen molar-refractivity contribution in [3.63, 3.8) is 0 Å². The molecule has 1 atom stereocenters. The van der Waals surface area contributed by atoms with Gasteiger partial charge in [0.15, 0.2) is 6.10 Å². The van der Waals surface area contributed by atoms with Crippen LogP contribution in [0.3, 0.4) is 0 Å². The Labute approximate surface area is 163 Å². The van der Waals surface area contributed by atoms with Crippen molar-refractivity contribution >= 4 is 23.6 Å². The Morgan fingerprint density at radius 2 is 1.79 bits per heavy atom. The van der Waals surface area contributed by atoms with Gasteiger partial charge >= 0.3 is 12.3 Å². The summed E-state index contributed by atoms with van der Waals surface area (Å²) < 4.78 is 50.9. The first-order chi connectivity index (χ1) is 13.7. The standard InChI is InChI=1S/C20H16F3NO5/c1-12(18(25)24-15-6-8-16(9-7-15)29-20(21,22)23)28-19(26)14-10-13-4-2-3-5-17(13)27-11-14/h2-10,12H,11H2,1H3,(H,24,25)/t12-/m1/s1. The van der Waals surface area contributed by atoms with Gasteiger partial charge in [0.2, 0.25) is 0 Å². The Morgan fingerprint density at radius 1 is 1.10 bits per heavy atom. The Kier molecular flexibility index (Phi) is 5.76. The Morgan fingerprint density at radius 3 is 2.48 bits per heavy atom. The fourth-order valence-electron chi connectivity index (χ4n) is 2.51. The minimum atomic E-state index is -4.80. The molecule has 0 bridgehead atoms. The third kappa shape index (κ3) is 5.50. The van der Waals surface area contributed by atoms with Crippen molar-refractivity contribution < 1.29 is 37.0 Å². The van der Waals surface area contributed by atoms with Gasteiger partial charge in [0.25, 0.3) is 5.91 Å². The molecule has 3 rings (SSSR count). The van der Waals surface area contributed by atoms with Crippen molar-refractivity contribution in [1.29, 1.82) is 0 Å². The number of hydrogen-bond acceptors (Lipinski definition) is 5. The van der Waals surface area contributed by atoms with Gasteiger partial charge in [-0.1, -0.05) is 18.2 Å². The molecule has 1 aliphatic heterocycles. The first-order valence-corrected chi connectivity index (χ1v) is 8.51. The largest absolute Gasteiger partial charge is 0.573 e. The summed E-state index contributed by atoms with van der Waals surface area (Å²) in [6.45, 7) is 1.40. The highest BCUT2D eigenvalue weighted by Crippen LogP contribution is 2.26. The topological polar surface area (TPSA) is 73.9 Å². The molecule has 0 aromatic heterocycles. The molecule has 0 aliphatic carbocycles. The maximum atomic E-state index is 12.3. The molecule has 0 radical (unpaired) electrons. The summed E-state index contributed by atoms with van der Waals surface area (Å²) >= 11 is 0. The number of anilines is 1. The number of carbonyl (C=O) groups excluding carboxylic acids is 2. The highest BCUT2D eigenvalue weighted by molar-refractivity contribution is 5.99. The second-order valence-electron chi connectivity index (χ2n) is 6.11. The minimum Gasteiger partial charge on any atom is -0.488 e. The van der Waals surface area contributed by atoms with Crippen molar-refractivity contribution in [3.8, 4) is 11.5 Å². The normalized spacial score (nSPS) is 14.0. The number of fused-ring (bicyclic) bond motifs is 1. The molecular formula is C20H16F3NO5. The molecule has 9 heteroatoms. The summed E-state index contributed by atoms with van der Waals surface area (Å²) in [6, 6.07) is 11.8. The van der Waals surface area contributed by atoms with Crippen molar-refractivity contribution in [2.24, 2.45) is 0 Å². The molecular weight excluding hydrogens is 391 g/mol.